The maximum atomic E-state index is 12.6. The summed E-state index contributed by atoms with van der Waals surface area (Å²) in [6, 6.07) is 5.53. The van der Waals surface area contributed by atoms with Crippen LogP contribution in [0.25, 0.3) is 0 Å². The summed E-state index contributed by atoms with van der Waals surface area (Å²) in [5, 5.41) is 27.1. The van der Waals surface area contributed by atoms with Gasteiger partial charge in [-0.1, -0.05) is 11.6 Å². The van der Waals surface area contributed by atoms with Crippen LogP contribution in [0.15, 0.2) is 36.4 Å². The van der Waals surface area contributed by atoms with Crippen LogP contribution in [0.3, 0.4) is 0 Å². The lowest BCUT2D eigenvalue weighted by Gasteiger charge is -2.15. The van der Waals surface area contributed by atoms with Crippen molar-refractivity contribution < 1.29 is 38.2 Å². The average molecular weight is 364 g/mol. The average Bonchev–Trinajstić information content (AvgIpc) is 2.47. The second-order valence-electron chi connectivity index (χ2n) is 4.56. The van der Waals surface area contributed by atoms with Gasteiger partial charge in [0.1, 0.15) is 17.1 Å². The van der Waals surface area contributed by atoms with Gasteiger partial charge in [0.05, 0.1) is 10.6 Å². The van der Waals surface area contributed by atoms with Crippen LogP contribution in [0.5, 0.6) is 11.5 Å². The number of alkyl halides is 3. The number of hydrogen-bond acceptors (Lipinski definition) is 4. The molecule has 0 bridgehead atoms. The zero-order chi connectivity index (χ0) is 18.1. The van der Waals surface area contributed by atoms with Crippen LogP contribution in [0, 0.1) is 5.21 Å². The number of nitrogens with one attached hydrogen (secondary N) is 1. The molecule has 0 radical (unpaired) electrons. The smallest absolute Gasteiger partial charge is 0.416 e. The third kappa shape index (κ3) is 3.95. The normalized spacial score (nSPS) is 12.8. The summed E-state index contributed by atoms with van der Waals surface area (Å²) < 4.78 is 43.0. The number of hydrogen-bond donors (Lipinski definition) is 3. The van der Waals surface area contributed by atoms with Gasteiger partial charge in [0.2, 0.25) is 0 Å². The van der Waals surface area contributed by atoms with Gasteiger partial charge >= 0.3 is 12.1 Å². The minimum absolute atomic E-state index is 0.0842. The Kier molecular flexibility index (Phi) is 4.99. The molecule has 0 aliphatic heterocycles. The van der Waals surface area contributed by atoms with Crippen LogP contribution in [0.2, 0.25) is 5.02 Å². The number of rotatable bonds is 4. The molecule has 0 heterocycles. The van der Waals surface area contributed by atoms with Gasteiger partial charge in [-0.15, -0.1) is 0 Å². The lowest BCUT2D eigenvalue weighted by Crippen LogP contribution is -2.99. The molecule has 0 amide bonds. The van der Waals surface area contributed by atoms with Crippen molar-refractivity contribution in [3.63, 3.8) is 0 Å². The maximum Gasteiger partial charge on any atom is 0.416 e. The summed E-state index contributed by atoms with van der Waals surface area (Å²) in [4.78, 5) is 11.1. The first kappa shape index (κ1) is 18.0. The Morgan fingerprint density at radius 1 is 1.21 bits per heavy atom. The number of benzene rings is 2. The third-order valence-corrected chi connectivity index (χ3v) is 3.23. The molecule has 10 heteroatoms. The number of quaternary nitrogens is 1. The summed E-state index contributed by atoms with van der Waals surface area (Å²) in [6.45, 7) is 0. The summed E-state index contributed by atoms with van der Waals surface area (Å²) >= 11 is 5.73. The van der Waals surface area contributed by atoms with E-state index in [1.54, 1.807) is 0 Å². The van der Waals surface area contributed by atoms with Gasteiger partial charge in [-0.2, -0.15) is 18.4 Å². The predicted molar refractivity (Wildman–Crippen MR) is 75.7 cm³/mol. The fraction of sp³-hybridized carbons (Fsp3) is 0.0714. The van der Waals surface area contributed by atoms with Crippen LogP contribution in [-0.2, 0) is 6.18 Å². The van der Waals surface area contributed by atoms with Gasteiger partial charge in [0.15, 0.2) is 5.69 Å². The number of ether oxygens (including phenoxy) is 1. The Balaban J connectivity index is 2.35. The summed E-state index contributed by atoms with van der Waals surface area (Å²) in [6.07, 6.45) is -4.57. The highest BCUT2D eigenvalue weighted by molar-refractivity contribution is 6.32. The second-order valence-corrected chi connectivity index (χ2v) is 4.97. The molecule has 3 N–H and O–H groups in total. The molecule has 1 unspecified atom stereocenters. The molecule has 6 nitrogen and oxygen atoms in total. The zero-order valence-electron chi connectivity index (χ0n) is 11.6. The van der Waals surface area contributed by atoms with Crippen molar-refractivity contribution in [3.05, 3.63) is 57.8 Å². The van der Waals surface area contributed by atoms with Gasteiger partial charge in [-0.3, -0.25) is 0 Å². The number of carbonyl (C=O) groups is 1. The van der Waals surface area contributed by atoms with Crippen LogP contribution in [0.4, 0.5) is 18.9 Å². The summed E-state index contributed by atoms with van der Waals surface area (Å²) in [5.74, 6) is -1.71. The van der Waals surface area contributed by atoms with E-state index < -0.39 is 34.2 Å². The van der Waals surface area contributed by atoms with Crippen LogP contribution in [-0.4, -0.2) is 16.3 Å². The fourth-order valence-corrected chi connectivity index (χ4v) is 2.06. The largest absolute Gasteiger partial charge is 0.595 e. The van der Waals surface area contributed by atoms with E-state index in [9.17, 15) is 23.2 Å². The highest BCUT2D eigenvalue weighted by atomic mass is 35.5. The topological polar surface area (TPSA) is 94.3 Å². The van der Waals surface area contributed by atoms with Crippen molar-refractivity contribution in [1.82, 2.24) is 0 Å². The highest BCUT2D eigenvalue weighted by Crippen LogP contribution is 2.36. The predicted octanol–water partition coefficient (Wildman–Crippen LogP) is 3.25. The van der Waals surface area contributed by atoms with Crippen molar-refractivity contribution in [1.29, 1.82) is 0 Å². The van der Waals surface area contributed by atoms with E-state index in [1.807, 2.05) is 0 Å². The van der Waals surface area contributed by atoms with Gasteiger partial charge in [-0.25, -0.2) is 10.0 Å². The molecule has 0 saturated heterocycles. The standard InChI is InChI=1S/C14H9ClF3NO5/c15-10-5-7(14(16,17)18)1-4-12(10)24-8-2-3-11(19(22)23)9(6-8)13(20)21/h1-6,19,22H,(H,20,21). The van der Waals surface area contributed by atoms with Crippen molar-refractivity contribution in [2.24, 2.45) is 0 Å². The molecule has 0 aliphatic carbocycles. The number of halogens is 4. The summed E-state index contributed by atoms with van der Waals surface area (Å²) in [7, 11) is 0. The molecular formula is C14H9ClF3NO5. The van der Waals surface area contributed by atoms with E-state index in [0.717, 1.165) is 24.3 Å². The van der Waals surface area contributed by atoms with Gasteiger partial charge in [-0.05, 0) is 24.3 Å². The lowest BCUT2D eigenvalue weighted by atomic mass is 10.1. The second kappa shape index (κ2) is 6.65. The molecule has 2 aromatic carbocycles. The van der Waals surface area contributed by atoms with Crippen LogP contribution >= 0.6 is 11.6 Å². The van der Waals surface area contributed by atoms with E-state index in [1.165, 1.54) is 6.07 Å². The Bertz CT molecular complexity index is 779. The van der Waals surface area contributed by atoms with E-state index in [2.05, 4.69) is 0 Å². The minimum atomic E-state index is -4.57. The van der Waals surface area contributed by atoms with Gasteiger partial charge in [0.25, 0.3) is 0 Å². The zero-order valence-corrected chi connectivity index (χ0v) is 12.4. The minimum Gasteiger partial charge on any atom is -0.595 e. The Hall–Kier alpha value is -2.33. The first-order valence-electron chi connectivity index (χ1n) is 6.25. The first-order chi connectivity index (χ1) is 11.1. The van der Waals surface area contributed by atoms with E-state index in [4.69, 9.17) is 26.7 Å². The number of aromatic carboxylic acids is 1. The van der Waals surface area contributed by atoms with Gasteiger partial charge < -0.3 is 15.1 Å². The molecule has 0 spiro atoms. The van der Waals surface area contributed by atoms with Gasteiger partial charge in [0, 0.05) is 12.1 Å². The Morgan fingerprint density at radius 2 is 1.88 bits per heavy atom. The van der Waals surface area contributed by atoms with E-state index in [0.29, 0.717) is 6.07 Å². The molecule has 0 fully saturated rings. The van der Waals surface area contributed by atoms with Crippen molar-refractivity contribution in [2.75, 3.05) is 0 Å². The Morgan fingerprint density at radius 3 is 2.38 bits per heavy atom. The third-order valence-electron chi connectivity index (χ3n) is 2.94. The van der Waals surface area contributed by atoms with Crippen molar-refractivity contribution in [2.45, 2.75) is 6.18 Å². The molecule has 2 rings (SSSR count). The molecule has 1 atom stereocenters. The fourth-order valence-electron chi connectivity index (χ4n) is 1.84. The summed E-state index contributed by atoms with van der Waals surface area (Å²) in [5.41, 5.74) is -1.94. The quantitative estimate of drug-likeness (QED) is 0.725. The molecule has 2 aromatic rings. The molecule has 128 valence electrons. The van der Waals surface area contributed by atoms with Crippen LogP contribution in [0.1, 0.15) is 15.9 Å². The number of carboxylic acid groups (broad SMARTS) is 1. The van der Waals surface area contributed by atoms with Crippen LogP contribution < -0.4 is 9.96 Å². The molecule has 24 heavy (non-hydrogen) atoms. The monoisotopic (exact) mass is 363 g/mol. The van der Waals surface area contributed by atoms with Crippen molar-refractivity contribution >= 4 is 23.3 Å². The maximum absolute atomic E-state index is 12.6. The Labute approximate surface area is 137 Å². The highest BCUT2D eigenvalue weighted by Gasteiger charge is 2.31. The van der Waals surface area contributed by atoms with Crippen molar-refractivity contribution in [3.8, 4) is 11.5 Å². The molecular weight excluding hydrogens is 355 g/mol. The van der Waals surface area contributed by atoms with E-state index >= 15 is 0 Å². The molecule has 0 aromatic heterocycles. The first-order valence-corrected chi connectivity index (χ1v) is 6.62. The lowest BCUT2D eigenvalue weighted by molar-refractivity contribution is -0.991. The molecule has 0 aliphatic rings. The molecule has 0 saturated carbocycles. The SMILES string of the molecule is O=C(O)c1cc(Oc2ccc(C(F)(F)F)cc2Cl)ccc1[NH+]([O-])O. The number of carboxylic acids is 1. The van der Waals surface area contributed by atoms with E-state index in [-0.39, 0.29) is 16.5 Å².